The lowest BCUT2D eigenvalue weighted by molar-refractivity contribution is -0.123. The van der Waals surface area contributed by atoms with Gasteiger partial charge in [0.2, 0.25) is 5.91 Å². The van der Waals surface area contributed by atoms with E-state index < -0.39 is 6.04 Å². The Kier molecular flexibility index (Phi) is 5.10. The van der Waals surface area contributed by atoms with Gasteiger partial charge in [0.05, 0.1) is 6.04 Å². The largest absolute Gasteiger partial charge is 0.352 e. The van der Waals surface area contributed by atoms with Crippen LogP contribution in [0.5, 0.6) is 0 Å². The second-order valence-corrected chi connectivity index (χ2v) is 4.25. The molecule has 4 heteroatoms. The number of hydrogen-bond acceptors (Lipinski definition) is 2. The maximum Gasteiger partial charge on any atom is 0.237 e. The number of halogens is 1. The molecular weight excluding hydrogens is 219 g/mol. The lowest BCUT2D eigenvalue weighted by atomic mass is 10.1. The lowest BCUT2D eigenvalue weighted by Gasteiger charge is -2.16. The highest BCUT2D eigenvalue weighted by molar-refractivity contribution is 5.81. The number of carbonyl (C=O) groups is 1. The maximum absolute atomic E-state index is 12.7. The monoisotopic (exact) mass is 238 g/mol. The third-order valence-electron chi connectivity index (χ3n) is 2.62. The van der Waals surface area contributed by atoms with Crippen molar-refractivity contribution < 1.29 is 9.18 Å². The minimum absolute atomic E-state index is 0.00874. The summed E-state index contributed by atoms with van der Waals surface area (Å²) in [5, 5.41) is 2.84. The van der Waals surface area contributed by atoms with Crippen molar-refractivity contribution in [1.29, 1.82) is 0 Å². The van der Waals surface area contributed by atoms with Crippen molar-refractivity contribution in [3.63, 3.8) is 0 Å². The Morgan fingerprint density at radius 1 is 1.41 bits per heavy atom. The van der Waals surface area contributed by atoms with Crippen molar-refractivity contribution in [2.45, 2.75) is 38.8 Å². The summed E-state index contributed by atoms with van der Waals surface area (Å²) in [6.07, 6.45) is 1.29. The molecule has 1 unspecified atom stereocenters. The Bertz CT molecular complexity index is 364. The zero-order valence-electron chi connectivity index (χ0n) is 10.2. The highest BCUT2D eigenvalue weighted by Gasteiger charge is 2.13. The Morgan fingerprint density at radius 3 is 2.53 bits per heavy atom. The van der Waals surface area contributed by atoms with Crippen LogP contribution in [0.15, 0.2) is 24.3 Å². The predicted octanol–water partition coefficient (Wildman–Crippen LogP) is 1.61. The Hall–Kier alpha value is -1.42. The normalized spacial score (nSPS) is 14.1. The summed E-state index contributed by atoms with van der Waals surface area (Å²) in [4.78, 5) is 11.5. The quantitative estimate of drug-likeness (QED) is 0.818. The summed E-state index contributed by atoms with van der Waals surface area (Å²) in [5.41, 5.74) is 6.61. The van der Waals surface area contributed by atoms with Crippen molar-refractivity contribution in [2.24, 2.45) is 5.73 Å². The highest BCUT2D eigenvalue weighted by Crippen LogP contribution is 2.05. The molecule has 0 saturated heterocycles. The van der Waals surface area contributed by atoms with E-state index in [2.05, 4.69) is 5.32 Å². The zero-order valence-corrected chi connectivity index (χ0v) is 10.2. The van der Waals surface area contributed by atoms with Gasteiger partial charge in [-0.1, -0.05) is 19.1 Å². The van der Waals surface area contributed by atoms with Crippen LogP contribution in [0.25, 0.3) is 0 Å². The van der Waals surface area contributed by atoms with Crippen LogP contribution in [0.3, 0.4) is 0 Å². The first-order chi connectivity index (χ1) is 8.02. The van der Waals surface area contributed by atoms with E-state index in [1.54, 1.807) is 12.1 Å². The Labute approximate surface area is 101 Å². The number of hydrogen-bond donors (Lipinski definition) is 2. The summed E-state index contributed by atoms with van der Waals surface area (Å²) >= 11 is 0. The maximum atomic E-state index is 12.7. The third-order valence-corrected chi connectivity index (χ3v) is 2.62. The summed E-state index contributed by atoms with van der Waals surface area (Å²) in [6, 6.07) is 5.81. The van der Waals surface area contributed by atoms with Crippen molar-refractivity contribution in [3.05, 3.63) is 35.6 Å². The summed E-state index contributed by atoms with van der Waals surface area (Å²) in [6.45, 7) is 3.78. The first-order valence-electron chi connectivity index (χ1n) is 5.83. The predicted molar refractivity (Wildman–Crippen MR) is 66.0 cm³/mol. The van der Waals surface area contributed by atoms with Gasteiger partial charge in [-0.2, -0.15) is 0 Å². The molecule has 94 valence electrons. The van der Waals surface area contributed by atoms with E-state index in [-0.39, 0.29) is 17.8 Å². The number of nitrogens with one attached hydrogen (secondary N) is 1. The standard InChI is InChI=1S/C13H19FN2O/c1-3-12(15)13(17)16-9(2)8-10-4-6-11(14)7-5-10/h4-7,9,12H,3,8,15H2,1-2H3,(H,16,17)/t9?,12-/m1/s1. The smallest absolute Gasteiger partial charge is 0.237 e. The molecule has 1 amide bonds. The second kappa shape index (κ2) is 6.35. The molecule has 3 N–H and O–H groups in total. The Morgan fingerprint density at radius 2 is 2.00 bits per heavy atom. The number of nitrogens with two attached hydrogens (primary N) is 1. The van der Waals surface area contributed by atoms with E-state index in [0.29, 0.717) is 12.8 Å². The zero-order chi connectivity index (χ0) is 12.8. The molecule has 0 aromatic heterocycles. The summed E-state index contributed by atoms with van der Waals surface area (Å²) in [7, 11) is 0. The van der Waals surface area contributed by atoms with Gasteiger partial charge in [-0.15, -0.1) is 0 Å². The molecule has 0 bridgehead atoms. The van der Waals surface area contributed by atoms with E-state index in [4.69, 9.17) is 5.73 Å². The van der Waals surface area contributed by atoms with Gasteiger partial charge >= 0.3 is 0 Å². The van der Waals surface area contributed by atoms with Crippen LogP contribution in [-0.2, 0) is 11.2 Å². The van der Waals surface area contributed by atoms with E-state index >= 15 is 0 Å². The fraction of sp³-hybridized carbons (Fsp3) is 0.462. The van der Waals surface area contributed by atoms with Gasteiger partial charge in [-0.05, 0) is 37.5 Å². The SMILES string of the molecule is CC[C@@H](N)C(=O)NC(C)Cc1ccc(F)cc1. The molecule has 0 aliphatic heterocycles. The second-order valence-electron chi connectivity index (χ2n) is 4.25. The van der Waals surface area contributed by atoms with Crippen LogP contribution >= 0.6 is 0 Å². The van der Waals surface area contributed by atoms with E-state index in [1.807, 2.05) is 13.8 Å². The van der Waals surface area contributed by atoms with E-state index in [1.165, 1.54) is 12.1 Å². The molecule has 0 saturated carbocycles. The van der Waals surface area contributed by atoms with Gasteiger partial charge in [-0.25, -0.2) is 4.39 Å². The van der Waals surface area contributed by atoms with Gasteiger partial charge in [0, 0.05) is 6.04 Å². The number of carbonyl (C=O) groups excluding carboxylic acids is 1. The highest BCUT2D eigenvalue weighted by atomic mass is 19.1. The molecule has 0 radical (unpaired) electrons. The first-order valence-corrected chi connectivity index (χ1v) is 5.83. The minimum atomic E-state index is -0.453. The summed E-state index contributed by atoms with van der Waals surface area (Å²) in [5.74, 6) is -0.388. The van der Waals surface area contributed by atoms with Crippen LogP contribution in [-0.4, -0.2) is 18.0 Å². The molecule has 1 aromatic rings. The van der Waals surface area contributed by atoms with Crippen molar-refractivity contribution in [2.75, 3.05) is 0 Å². The molecule has 2 atom stereocenters. The average Bonchev–Trinajstić information content (AvgIpc) is 2.30. The fourth-order valence-electron chi connectivity index (χ4n) is 1.56. The van der Waals surface area contributed by atoms with Crippen LogP contribution in [0.1, 0.15) is 25.8 Å². The van der Waals surface area contributed by atoms with Crippen LogP contribution in [0, 0.1) is 5.82 Å². The molecular formula is C13H19FN2O. The molecule has 0 spiro atoms. The lowest BCUT2D eigenvalue weighted by Crippen LogP contribution is -2.44. The molecule has 0 aliphatic rings. The topological polar surface area (TPSA) is 55.1 Å². The molecule has 17 heavy (non-hydrogen) atoms. The van der Waals surface area contributed by atoms with Gasteiger partial charge in [0.25, 0.3) is 0 Å². The van der Waals surface area contributed by atoms with Gasteiger partial charge in [0.15, 0.2) is 0 Å². The molecule has 0 heterocycles. The molecule has 1 aromatic carbocycles. The van der Waals surface area contributed by atoms with Crippen molar-refractivity contribution in [1.82, 2.24) is 5.32 Å². The van der Waals surface area contributed by atoms with E-state index in [9.17, 15) is 9.18 Å². The van der Waals surface area contributed by atoms with Gasteiger partial charge in [-0.3, -0.25) is 4.79 Å². The van der Waals surface area contributed by atoms with Crippen molar-refractivity contribution in [3.8, 4) is 0 Å². The molecule has 0 aliphatic carbocycles. The molecule has 3 nitrogen and oxygen atoms in total. The van der Waals surface area contributed by atoms with Crippen LogP contribution in [0.4, 0.5) is 4.39 Å². The minimum Gasteiger partial charge on any atom is -0.352 e. The van der Waals surface area contributed by atoms with Gasteiger partial charge in [0.1, 0.15) is 5.82 Å². The first kappa shape index (κ1) is 13.6. The number of rotatable bonds is 5. The Balaban J connectivity index is 2.47. The molecule has 1 rings (SSSR count). The van der Waals surface area contributed by atoms with Crippen molar-refractivity contribution >= 4 is 5.91 Å². The number of benzene rings is 1. The van der Waals surface area contributed by atoms with E-state index in [0.717, 1.165) is 5.56 Å². The van der Waals surface area contributed by atoms with Gasteiger partial charge < -0.3 is 11.1 Å². The summed E-state index contributed by atoms with van der Waals surface area (Å²) < 4.78 is 12.7. The fourth-order valence-corrected chi connectivity index (χ4v) is 1.56. The molecule has 0 fully saturated rings. The van der Waals surface area contributed by atoms with Crippen LogP contribution < -0.4 is 11.1 Å². The third kappa shape index (κ3) is 4.53. The number of amides is 1. The van der Waals surface area contributed by atoms with Crippen LogP contribution in [0.2, 0.25) is 0 Å². The average molecular weight is 238 g/mol.